The van der Waals surface area contributed by atoms with Crippen LogP contribution in [0.3, 0.4) is 0 Å². The fourth-order valence-corrected chi connectivity index (χ4v) is 4.58. The Bertz CT molecular complexity index is 733. The number of halogens is 1. The van der Waals surface area contributed by atoms with E-state index in [4.69, 9.17) is 0 Å². The summed E-state index contributed by atoms with van der Waals surface area (Å²) in [6, 6.07) is 6.31. The first-order valence-electron chi connectivity index (χ1n) is 9.61. The van der Waals surface area contributed by atoms with Crippen LogP contribution in [0.1, 0.15) is 56.7 Å². The molecule has 0 unspecified atom stereocenters. The van der Waals surface area contributed by atoms with E-state index in [2.05, 4.69) is 17.2 Å². The molecule has 1 aromatic carbocycles. The average molecular weight is 375 g/mol. The lowest BCUT2D eigenvalue weighted by atomic mass is 9.79. The molecular formula is C21H27FN2OS. The van der Waals surface area contributed by atoms with Gasteiger partial charge in [-0.1, -0.05) is 26.2 Å². The molecule has 1 aliphatic carbocycles. The van der Waals surface area contributed by atoms with Gasteiger partial charge in [0.2, 0.25) is 5.91 Å². The van der Waals surface area contributed by atoms with Crippen LogP contribution in [-0.4, -0.2) is 10.9 Å². The van der Waals surface area contributed by atoms with Crippen molar-refractivity contribution < 1.29 is 9.18 Å². The van der Waals surface area contributed by atoms with Gasteiger partial charge in [0.05, 0.1) is 5.69 Å². The normalized spacial score (nSPS) is 20.1. The van der Waals surface area contributed by atoms with E-state index in [1.54, 1.807) is 12.1 Å². The Morgan fingerprint density at radius 3 is 2.58 bits per heavy atom. The van der Waals surface area contributed by atoms with E-state index in [1.807, 2.05) is 6.92 Å². The summed E-state index contributed by atoms with van der Waals surface area (Å²) >= 11 is 1.48. The van der Waals surface area contributed by atoms with Crippen LogP contribution in [0.15, 0.2) is 24.3 Å². The van der Waals surface area contributed by atoms with Crippen molar-refractivity contribution in [2.75, 3.05) is 5.32 Å². The third kappa shape index (κ3) is 4.70. The summed E-state index contributed by atoms with van der Waals surface area (Å²) in [5, 5.41) is 3.65. The van der Waals surface area contributed by atoms with Crippen LogP contribution in [0, 0.1) is 24.6 Å². The molecule has 1 amide bonds. The summed E-state index contributed by atoms with van der Waals surface area (Å²) in [7, 11) is 0. The minimum absolute atomic E-state index is 0.0957. The second-order valence-corrected chi connectivity index (χ2v) is 8.48. The Kier molecular flexibility index (Phi) is 6.41. The highest BCUT2D eigenvalue weighted by molar-refractivity contribution is 7.16. The van der Waals surface area contributed by atoms with Gasteiger partial charge in [-0.25, -0.2) is 9.37 Å². The monoisotopic (exact) mass is 374 g/mol. The molecule has 1 saturated carbocycles. The number of hydrogen-bond donors (Lipinski definition) is 1. The molecule has 1 fully saturated rings. The van der Waals surface area contributed by atoms with Gasteiger partial charge >= 0.3 is 0 Å². The van der Waals surface area contributed by atoms with Gasteiger partial charge in [0.25, 0.3) is 0 Å². The van der Waals surface area contributed by atoms with Gasteiger partial charge in [-0.3, -0.25) is 4.79 Å². The van der Waals surface area contributed by atoms with Crippen molar-refractivity contribution in [1.82, 2.24) is 4.98 Å². The van der Waals surface area contributed by atoms with E-state index in [0.29, 0.717) is 5.13 Å². The molecule has 0 saturated heterocycles. The summed E-state index contributed by atoms with van der Waals surface area (Å²) in [4.78, 5) is 18.2. The van der Waals surface area contributed by atoms with Crippen molar-refractivity contribution in [1.29, 1.82) is 0 Å². The average Bonchev–Trinajstić information content (AvgIpc) is 3.01. The lowest BCUT2D eigenvalue weighted by Gasteiger charge is -2.27. The Balaban J connectivity index is 1.58. The number of benzene rings is 1. The number of hydrogen-bond acceptors (Lipinski definition) is 3. The largest absolute Gasteiger partial charge is 0.302 e. The second-order valence-electron chi connectivity index (χ2n) is 7.28. The molecular weight excluding hydrogens is 347 g/mol. The molecule has 1 N–H and O–H groups in total. The Morgan fingerprint density at radius 1 is 1.23 bits per heavy atom. The molecule has 26 heavy (non-hydrogen) atoms. The lowest BCUT2D eigenvalue weighted by Crippen LogP contribution is -2.27. The SMILES string of the molecule is CCCCC1CCC(C(=O)Nc2nc(-c3ccc(F)cc3)c(C)s2)CC1. The molecule has 140 valence electrons. The number of unbranched alkanes of at least 4 members (excludes halogenated alkanes) is 1. The van der Waals surface area contributed by atoms with Crippen molar-refractivity contribution >= 4 is 22.4 Å². The Hall–Kier alpha value is -1.75. The fourth-order valence-electron chi connectivity index (χ4n) is 3.74. The van der Waals surface area contributed by atoms with E-state index in [9.17, 15) is 9.18 Å². The number of nitrogens with zero attached hydrogens (tertiary/aromatic N) is 1. The van der Waals surface area contributed by atoms with Gasteiger partial charge in [-0.2, -0.15) is 0 Å². The van der Waals surface area contributed by atoms with Crippen molar-refractivity contribution in [2.45, 2.75) is 58.8 Å². The van der Waals surface area contributed by atoms with E-state index in [1.165, 1.54) is 42.7 Å². The number of nitrogens with one attached hydrogen (secondary N) is 1. The number of thiazole rings is 1. The third-order valence-electron chi connectivity index (χ3n) is 5.33. The van der Waals surface area contributed by atoms with Gasteiger partial charge in [0.15, 0.2) is 5.13 Å². The molecule has 0 bridgehead atoms. The highest BCUT2D eigenvalue weighted by Gasteiger charge is 2.26. The van der Waals surface area contributed by atoms with E-state index in [0.717, 1.165) is 47.7 Å². The van der Waals surface area contributed by atoms with Crippen LogP contribution in [0.4, 0.5) is 9.52 Å². The molecule has 1 aromatic heterocycles. The number of amides is 1. The van der Waals surface area contributed by atoms with Crippen molar-refractivity contribution in [3.63, 3.8) is 0 Å². The minimum atomic E-state index is -0.260. The van der Waals surface area contributed by atoms with Crippen LogP contribution < -0.4 is 5.32 Å². The van der Waals surface area contributed by atoms with Crippen molar-refractivity contribution in [3.8, 4) is 11.3 Å². The standard InChI is InChI=1S/C21H27FN2OS/c1-3-4-5-15-6-8-17(9-7-15)20(25)24-21-23-19(14(2)26-21)16-10-12-18(22)13-11-16/h10-13,15,17H,3-9H2,1-2H3,(H,23,24,25). The van der Waals surface area contributed by atoms with Crippen LogP contribution in [0.25, 0.3) is 11.3 Å². The van der Waals surface area contributed by atoms with Crippen molar-refractivity contribution in [2.24, 2.45) is 11.8 Å². The molecule has 0 atom stereocenters. The van der Waals surface area contributed by atoms with Gasteiger partial charge in [0, 0.05) is 16.4 Å². The smallest absolute Gasteiger partial charge is 0.229 e. The Morgan fingerprint density at radius 2 is 1.92 bits per heavy atom. The predicted molar refractivity (Wildman–Crippen MR) is 106 cm³/mol. The maximum absolute atomic E-state index is 13.1. The molecule has 0 radical (unpaired) electrons. The van der Waals surface area contributed by atoms with E-state index >= 15 is 0 Å². The number of carbonyl (C=O) groups is 1. The van der Waals surface area contributed by atoms with E-state index in [-0.39, 0.29) is 17.6 Å². The van der Waals surface area contributed by atoms with Crippen LogP contribution >= 0.6 is 11.3 Å². The first kappa shape index (κ1) is 19.0. The highest BCUT2D eigenvalue weighted by atomic mass is 32.1. The van der Waals surface area contributed by atoms with Crippen LogP contribution in [0.5, 0.6) is 0 Å². The topological polar surface area (TPSA) is 42.0 Å². The molecule has 1 aliphatic rings. The van der Waals surface area contributed by atoms with Gasteiger partial charge in [-0.05, 0) is 62.8 Å². The second kappa shape index (κ2) is 8.76. The zero-order valence-electron chi connectivity index (χ0n) is 15.6. The van der Waals surface area contributed by atoms with Crippen molar-refractivity contribution in [3.05, 3.63) is 35.0 Å². The molecule has 0 aliphatic heterocycles. The molecule has 5 heteroatoms. The summed E-state index contributed by atoms with van der Waals surface area (Å²) < 4.78 is 13.1. The summed E-state index contributed by atoms with van der Waals surface area (Å²) in [5.74, 6) is 0.737. The lowest BCUT2D eigenvalue weighted by molar-refractivity contribution is -0.121. The molecule has 2 aromatic rings. The maximum Gasteiger partial charge on any atom is 0.229 e. The summed E-state index contributed by atoms with van der Waals surface area (Å²) in [5.41, 5.74) is 1.69. The number of anilines is 1. The van der Waals surface area contributed by atoms with Crippen LogP contribution in [-0.2, 0) is 4.79 Å². The Labute approximate surface area is 159 Å². The summed E-state index contributed by atoms with van der Waals surface area (Å²) in [6.45, 7) is 4.21. The van der Waals surface area contributed by atoms with Gasteiger partial charge in [0.1, 0.15) is 5.82 Å². The fraction of sp³-hybridized carbons (Fsp3) is 0.524. The quantitative estimate of drug-likeness (QED) is 0.655. The predicted octanol–water partition coefficient (Wildman–Crippen LogP) is 6.19. The molecule has 3 nitrogen and oxygen atoms in total. The van der Waals surface area contributed by atoms with Gasteiger partial charge in [-0.15, -0.1) is 11.3 Å². The maximum atomic E-state index is 13.1. The highest BCUT2D eigenvalue weighted by Crippen LogP contribution is 2.34. The minimum Gasteiger partial charge on any atom is -0.302 e. The molecule has 0 spiro atoms. The zero-order chi connectivity index (χ0) is 18.5. The van der Waals surface area contributed by atoms with Crippen LogP contribution in [0.2, 0.25) is 0 Å². The van der Waals surface area contributed by atoms with E-state index < -0.39 is 0 Å². The number of rotatable bonds is 6. The molecule has 3 rings (SSSR count). The number of aromatic nitrogens is 1. The van der Waals surface area contributed by atoms with Gasteiger partial charge < -0.3 is 5.32 Å². The number of aryl methyl sites for hydroxylation is 1. The third-order valence-corrected chi connectivity index (χ3v) is 6.21. The first-order valence-corrected chi connectivity index (χ1v) is 10.4. The first-order chi connectivity index (χ1) is 12.6. The summed E-state index contributed by atoms with van der Waals surface area (Å²) in [6.07, 6.45) is 8.14. The number of carbonyl (C=O) groups excluding carboxylic acids is 1. The zero-order valence-corrected chi connectivity index (χ0v) is 16.4. The molecule has 1 heterocycles.